The van der Waals surface area contributed by atoms with Gasteiger partial charge in [0.05, 0.1) is 7.11 Å². The summed E-state index contributed by atoms with van der Waals surface area (Å²) in [5.74, 6) is -0.631. The summed E-state index contributed by atoms with van der Waals surface area (Å²) in [7, 11) is 1.53. The molecule has 0 radical (unpaired) electrons. The van der Waals surface area contributed by atoms with Crippen LogP contribution in [0.25, 0.3) is 0 Å². The number of carbonyl (C=O) groups is 3. The summed E-state index contributed by atoms with van der Waals surface area (Å²) in [4.78, 5) is 36.0. The van der Waals surface area contributed by atoms with Crippen molar-refractivity contribution in [3.8, 4) is 5.75 Å². The van der Waals surface area contributed by atoms with Gasteiger partial charge in [-0.05, 0) is 48.2 Å². The minimum Gasteiger partial charge on any atom is -0.497 e. The molecule has 7 heteroatoms. The molecule has 2 N–H and O–H groups in total. The summed E-state index contributed by atoms with van der Waals surface area (Å²) in [6.07, 6.45) is 0.940. The normalized spacial score (nSPS) is 11.3. The average Bonchev–Trinajstić information content (AvgIpc) is 2.75. The molecule has 1 atom stereocenters. The molecule has 154 valence electrons. The predicted octanol–water partition coefficient (Wildman–Crippen LogP) is 3.12. The number of anilines is 1. The zero-order valence-corrected chi connectivity index (χ0v) is 16.9. The topological polar surface area (TPSA) is 93.7 Å². The number of carbonyl (C=O) groups excluding carboxylic acids is 3. The Morgan fingerprint density at radius 2 is 1.72 bits per heavy atom. The van der Waals surface area contributed by atoms with E-state index in [-0.39, 0.29) is 6.54 Å². The summed E-state index contributed by atoms with van der Waals surface area (Å²) in [5.41, 5.74) is 2.12. The van der Waals surface area contributed by atoms with Crippen LogP contribution in [0, 0.1) is 0 Å². The van der Waals surface area contributed by atoms with E-state index in [9.17, 15) is 14.4 Å². The number of benzene rings is 2. The van der Waals surface area contributed by atoms with E-state index >= 15 is 0 Å². The molecule has 2 rings (SSSR count). The second-order valence-electron chi connectivity index (χ2n) is 6.52. The molecule has 0 bridgehead atoms. The molecule has 0 unspecified atom stereocenters. The van der Waals surface area contributed by atoms with Crippen molar-refractivity contribution in [2.45, 2.75) is 26.2 Å². The Morgan fingerprint density at radius 3 is 2.38 bits per heavy atom. The van der Waals surface area contributed by atoms with Gasteiger partial charge in [0.25, 0.3) is 11.8 Å². The van der Waals surface area contributed by atoms with Crippen molar-refractivity contribution in [2.75, 3.05) is 25.6 Å². The number of ether oxygens (including phenoxy) is 2. The van der Waals surface area contributed by atoms with Crippen LogP contribution in [0.2, 0.25) is 0 Å². The SMILES string of the molecule is CC[C@@H](C)c1ccccc1NC(=O)COC(=O)CNC(=O)c1ccc(OC)cc1. The van der Waals surface area contributed by atoms with Crippen LogP contribution in [0.3, 0.4) is 0 Å². The molecule has 0 aliphatic rings. The number of para-hydroxylation sites is 1. The van der Waals surface area contributed by atoms with Gasteiger partial charge in [-0.3, -0.25) is 14.4 Å². The van der Waals surface area contributed by atoms with Crippen molar-refractivity contribution >= 4 is 23.5 Å². The van der Waals surface area contributed by atoms with Gasteiger partial charge in [0, 0.05) is 11.3 Å². The first-order valence-electron chi connectivity index (χ1n) is 9.41. The fourth-order valence-electron chi connectivity index (χ4n) is 2.64. The van der Waals surface area contributed by atoms with Crippen LogP contribution in [0.4, 0.5) is 5.69 Å². The lowest BCUT2D eigenvalue weighted by Gasteiger charge is -2.15. The predicted molar refractivity (Wildman–Crippen MR) is 110 cm³/mol. The van der Waals surface area contributed by atoms with E-state index in [4.69, 9.17) is 9.47 Å². The van der Waals surface area contributed by atoms with Gasteiger partial charge in [-0.15, -0.1) is 0 Å². The van der Waals surface area contributed by atoms with Crippen molar-refractivity contribution in [2.24, 2.45) is 0 Å². The zero-order valence-electron chi connectivity index (χ0n) is 16.9. The molecule has 2 aromatic rings. The number of esters is 1. The first kappa shape index (κ1) is 21.9. The zero-order chi connectivity index (χ0) is 21.2. The van der Waals surface area contributed by atoms with E-state index in [1.165, 1.54) is 7.11 Å². The third kappa shape index (κ3) is 6.64. The molecule has 0 aliphatic carbocycles. The van der Waals surface area contributed by atoms with E-state index in [0.717, 1.165) is 12.0 Å². The summed E-state index contributed by atoms with van der Waals surface area (Å²) < 4.78 is 9.97. The molecule has 0 heterocycles. The van der Waals surface area contributed by atoms with E-state index < -0.39 is 24.4 Å². The van der Waals surface area contributed by atoms with E-state index in [1.807, 2.05) is 24.3 Å². The third-order valence-corrected chi connectivity index (χ3v) is 4.49. The molecule has 0 aromatic heterocycles. The van der Waals surface area contributed by atoms with E-state index in [2.05, 4.69) is 24.5 Å². The van der Waals surface area contributed by atoms with Gasteiger partial charge >= 0.3 is 5.97 Å². The van der Waals surface area contributed by atoms with Crippen LogP contribution in [0.15, 0.2) is 48.5 Å². The Bertz CT molecular complexity index is 849. The van der Waals surface area contributed by atoms with Gasteiger partial charge in [0.2, 0.25) is 0 Å². The van der Waals surface area contributed by atoms with Crippen LogP contribution in [-0.4, -0.2) is 38.0 Å². The minimum absolute atomic E-state index is 0.294. The lowest BCUT2D eigenvalue weighted by molar-refractivity contribution is -0.146. The smallest absolute Gasteiger partial charge is 0.325 e. The second kappa shape index (κ2) is 10.8. The molecule has 0 fully saturated rings. The number of nitrogens with one attached hydrogen (secondary N) is 2. The van der Waals surface area contributed by atoms with E-state index in [1.54, 1.807) is 24.3 Å². The van der Waals surface area contributed by atoms with Crippen LogP contribution >= 0.6 is 0 Å². The van der Waals surface area contributed by atoms with Gasteiger partial charge in [-0.1, -0.05) is 32.0 Å². The average molecular weight is 398 g/mol. The van der Waals surface area contributed by atoms with Crippen molar-refractivity contribution < 1.29 is 23.9 Å². The van der Waals surface area contributed by atoms with Crippen LogP contribution in [-0.2, 0) is 14.3 Å². The summed E-state index contributed by atoms with van der Waals surface area (Å²) >= 11 is 0. The fourth-order valence-corrected chi connectivity index (χ4v) is 2.64. The van der Waals surface area contributed by atoms with Gasteiger partial charge in [0.1, 0.15) is 12.3 Å². The molecular formula is C22H26N2O5. The minimum atomic E-state index is -0.697. The maximum Gasteiger partial charge on any atom is 0.325 e. The molecule has 0 spiro atoms. The van der Waals surface area contributed by atoms with Crippen LogP contribution in [0.1, 0.15) is 42.1 Å². The number of hydrogen-bond donors (Lipinski definition) is 2. The highest BCUT2D eigenvalue weighted by molar-refractivity contribution is 5.96. The Labute approximate surface area is 170 Å². The summed E-state index contributed by atoms with van der Waals surface area (Å²) in [6.45, 7) is 3.40. The standard InChI is InChI=1S/C22H26N2O5/c1-4-15(2)18-7-5-6-8-19(18)24-20(25)14-29-21(26)13-23-22(27)16-9-11-17(28-3)12-10-16/h5-12,15H,4,13-14H2,1-3H3,(H,23,27)(H,24,25)/t15-/m1/s1. The van der Waals surface area contributed by atoms with E-state index in [0.29, 0.717) is 22.9 Å². The largest absolute Gasteiger partial charge is 0.497 e. The van der Waals surface area contributed by atoms with Crippen molar-refractivity contribution in [1.82, 2.24) is 5.32 Å². The lowest BCUT2D eigenvalue weighted by atomic mass is 9.97. The first-order chi connectivity index (χ1) is 13.9. The maximum atomic E-state index is 12.1. The van der Waals surface area contributed by atoms with Gasteiger partial charge in [0.15, 0.2) is 6.61 Å². The Hall–Kier alpha value is -3.35. The monoisotopic (exact) mass is 398 g/mol. The quantitative estimate of drug-likeness (QED) is 0.633. The Kier molecular flexibility index (Phi) is 8.21. The Balaban J connectivity index is 1.79. The highest BCUT2D eigenvalue weighted by Crippen LogP contribution is 2.26. The molecule has 0 aliphatic heterocycles. The second-order valence-corrected chi connectivity index (χ2v) is 6.52. The molecule has 2 aromatic carbocycles. The van der Waals surface area contributed by atoms with Crippen molar-refractivity contribution in [3.05, 3.63) is 59.7 Å². The van der Waals surface area contributed by atoms with Crippen LogP contribution < -0.4 is 15.4 Å². The summed E-state index contributed by atoms with van der Waals surface area (Å²) in [5, 5.41) is 5.22. The highest BCUT2D eigenvalue weighted by atomic mass is 16.5. The van der Waals surface area contributed by atoms with Crippen molar-refractivity contribution in [1.29, 1.82) is 0 Å². The fraction of sp³-hybridized carbons (Fsp3) is 0.318. The first-order valence-corrected chi connectivity index (χ1v) is 9.41. The molecule has 0 saturated carbocycles. The van der Waals surface area contributed by atoms with Gasteiger partial charge < -0.3 is 20.1 Å². The molecule has 2 amide bonds. The third-order valence-electron chi connectivity index (χ3n) is 4.49. The molecule has 0 saturated heterocycles. The molecular weight excluding hydrogens is 372 g/mol. The number of methoxy groups -OCH3 is 1. The number of hydrogen-bond acceptors (Lipinski definition) is 5. The number of rotatable bonds is 9. The summed E-state index contributed by atoms with van der Waals surface area (Å²) in [6, 6.07) is 14.0. The molecule has 29 heavy (non-hydrogen) atoms. The van der Waals surface area contributed by atoms with Gasteiger partial charge in [-0.2, -0.15) is 0 Å². The highest BCUT2D eigenvalue weighted by Gasteiger charge is 2.14. The lowest BCUT2D eigenvalue weighted by Crippen LogP contribution is -2.32. The maximum absolute atomic E-state index is 12.1. The van der Waals surface area contributed by atoms with Crippen LogP contribution in [0.5, 0.6) is 5.75 Å². The van der Waals surface area contributed by atoms with Crippen molar-refractivity contribution in [3.63, 3.8) is 0 Å². The molecule has 7 nitrogen and oxygen atoms in total. The Morgan fingerprint density at radius 1 is 1.03 bits per heavy atom. The van der Waals surface area contributed by atoms with Gasteiger partial charge in [-0.25, -0.2) is 0 Å². The number of amides is 2.